The lowest BCUT2D eigenvalue weighted by Gasteiger charge is -2.18. The van der Waals surface area contributed by atoms with Gasteiger partial charge in [0.05, 0.1) is 39.3 Å². The third-order valence-corrected chi connectivity index (χ3v) is 6.78. The van der Waals surface area contributed by atoms with Crippen LogP contribution < -0.4 is 16.6 Å². The Kier molecular flexibility index (Phi) is 7.82. The van der Waals surface area contributed by atoms with Crippen LogP contribution in [0.25, 0.3) is 16.6 Å². The molecule has 0 bridgehead atoms. The molecule has 11 heteroatoms. The highest BCUT2D eigenvalue weighted by Crippen LogP contribution is 2.24. The number of hydrogen-bond acceptors (Lipinski definition) is 5. The molecule has 0 aliphatic carbocycles. The van der Waals surface area contributed by atoms with Gasteiger partial charge in [-0.15, -0.1) is 0 Å². The van der Waals surface area contributed by atoms with Gasteiger partial charge in [0.2, 0.25) is 0 Å². The number of aromatic amines is 1. The summed E-state index contributed by atoms with van der Waals surface area (Å²) in [6, 6.07) is 15.3. The highest BCUT2D eigenvalue weighted by atomic mass is 127. The van der Waals surface area contributed by atoms with Gasteiger partial charge in [-0.3, -0.25) is 9.59 Å². The maximum absolute atomic E-state index is 13.0. The average molecular weight is 638 g/mol. The molecule has 36 heavy (non-hydrogen) atoms. The zero-order valence-electron chi connectivity index (χ0n) is 18.7. The number of rotatable bonds is 6. The number of benzene rings is 3. The fourth-order valence-corrected chi connectivity index (χ4v) is 4.78. The van der Waals surface area contributed by atoms with E-state index in [0.29, 0.717) is 22.2 Å². The lowest BCUT2D eigenvalue weighted by molar-refractivity contribution is -0.142. The predicted octanol–water partition coefficient (Wildman–Crippen LogP) is 4.10. The number of nitrogens with one attached hydrogen (secondary N) is 2. The van der Waals surface area contributed by atoms with Crippen molar-refractivity contribution in [2.75, 3.05) is 7.11 Å². The quantitative estimate of drug-likeness (QED) is 0.244. The van der Waals surface area contributed by atoms with Gasteiger partial charge in [-0.1, -0.05) is 41.4 Å². The minimum absolute atomic E-state index is 0.0506. The molecule has 1 atom stereocenters. The zero-order valence-corrected chi connectivity index (χ0v) is 22.3. The molecule has 0 spiro atoms. The Morgan fingerprint density at radius 3 is 2.36 bits per heavy atom. The van der Waals surface area contributed by atoms with Crippen LogP contribution >= 0.6 is 45.8 Å². The Morgan fingerprint density at radius 2 is 1.72 bits per heavy atom. The molecular formula is C25H18Cl2IN3O5. The molecule has 184 valence electrons. The van der Waals surface area contributed by atoms with Crippen molar-refractivity contribution in [3.8, 4) is 5.69 Å². The number of halogens is 3. The van der Waals surface area contributed by atoms with E-state index in [1.165, 1.54) is 19.2 Å². The van der Waals surface area contributed by atoms with Crippen molar-refractivity contribution in [1.82, 2.24) is 14.9 Å². The highest BCUT2D eigenvalue weighted by Gasteiger charge is 2.25. The molecule has 3 aromatic carbocycles. The first-order chi connectivity index (χ1) is 17.2. The van der Waals surface area contributed by atoms with Crippen molar-refractivity contribution in [2.24, 2.45) is 0 Å². The number of H-pyrrole nitrogens is 1. The number of esters is 1. The molecule has 2 N–H and O–H groups in total. The SMILES string of the molecule is COC(=O)[C@H](Cc1ccc(-n2c(=O)[nH]c3ccc(I)cc3c2=O)cc1)NC(=O)c1c(Cl)cccc1Cl. The van der Waals surface area contributed by atoms with Gasteiger partial charge < -0.3 is 15.0 Å². The number of ether oxygens (including phenoxy) is 1. The Hall–Kier alpha value is -3.15. The monoisotopic (exact) mass is 637 g/mol. The summed E-state index contributed by atoms with van der Waals surface area (Å²) in [6.07, 6.45) is 0.0853. The molecule has 4 aromatic rings. The number of amides is 1. The summed E-state index contributed by atoms with van der Waals surface area (Å²) >= 11 is 14.3. The summed E-state index contributed by atoms with van der Waals surface area (Å²) in [5, 5.41) is 3.29. The molecule has 0 fully saturated rings. The minimum atomic E-state index is -1.03. The van der Waals surface area contributed by atoms with E-state index in [-0.39, 0.29) is 22.0 Å². The van der Waals surface area contributed by atoms with Gasteiger partial charge in [-0.2, -0.15) is 0 Å². The molecule has 0 unspecified atom stereocenters. The van der Waals surface area contributed by atoms with Gasteiger partial charge >= 0.3 is 11.7 Å². The van der Waals surface area contributed by atoms with Gasteiger partial charge in [0.1, 0.15) is 6.04 Å². The standard InChI is InChI=1S/C25H18Cl2IN3O5/c1-36-24(34)20(29-22(32)21-17(26)3-2-4-18(21)27)11-13-5-8-15(9-6-13)31-23(33)16-12-14(28)7-10-19(16)30-25(31)35/h2-10,12,20H,11H2,1H3,(H,29,32)(H,30,35)/t20-/m0/s1. The molecular weight excluding hydrogens is 620 g/mol. The van der Waals surface area contributed by atoms with Crippen molar-refractivity contribution < 1.29 is 14.3 Å². The molecule has 0 saturated heterocycles. The topological polar surface area (TPSA) is 110 Å². The molecule has 4 rings (SSSR count). The normalized spacial score (nSPS) is 11.8. The van der Waals surface area contributed by atoms with Crippen LogP contribution in [0.1, 0.15) is 15.9 Å². The summed E-state index contributed by atoms with van der Waals surface area (Å²) in [5.41, 5.74) is 0.490. The van der Waals surface area contributed by atoms with Crippen LogP contribution in [-0.2, 0) is 16.0 Å². The van der Waals surface area contributed by atoms with Crippen molar-refractivity contribution in [3.63, 3.8) is 0 Å². The number of carbonyl (C=O) groups excluding carboxylic acids is 2. The smallest absolute Gasteiger partial charge is 0.333 e. The van der Waals surface area contributed by atoms with Crippen molar-refractivity contribution in [2.45, 2.75) is 12.5 Å². The second-order valence-electron chi connectivity index (χ2n) is 7.78. The number of carbonyl (C=O) groups is 2. The maximum Gasteiger partial charge on any atom is 0.333 e. The molecule has 0 radical (unpaired) electrons. The molecule has 1 heterocycles. The van der Waals surface area contributed by atoms with E-state index in [1.54, 1.807) is 48.5 Å². The largest absolute Gasteiger partial charge is 0.467 e. The third-order valence-electron chi connectivity index (χ3n) is 5.48. The first-order valence-corrected chi connectivity index (χ1v) is 12.4. The number of methoxy groups -OCH3 is 1. The van der Waals surface area contributed by atoms with E-state index >= 15 is 0 Å². The van der Waals surface area contributed by atoms with Crippen LogP contribution in [0, 0.1) is 3.57 Å². The van der Waals surface area contributed by atoms with Gasteiger partial charge in [0, 0.05) is 9.99 Å². The van der Waals surface area contributed by atoms with E-state index in [0.717, 1.165) is 8.14 Å². The van der Waals surface area contributed by atoms with E-state index in [9.17, 15) is 19.2 Å². The molecule has 0 aliphatic rings. The zero-order chi connectivity index (χ0) is 26.0. The summed E-state index contributed by atoms with van der Waals surface area (Å²) in [4.78, 5) is 53.5. The number of fused-ring (bicyclic) bond motifs is 1. The van der Waals surface area contributed by atoms with Gasteiger partial charge in [-0.25, -0.2) is 14.2 Å². The molecule has 1 aromatic heterocycles. The number of hydrogen-bond donors (Lipinski definition) is 2. The van der Waals surface area contributed by atoms with Crippen LogP contribution in [0.3, 0.4) is 0 Å². The first-order valence-electron chi connectivity index (χ1n) is 10.6. The Morgan fingerprint density at radius 1 is 1.06 bits per heavy atom. The van der Waals surface area contributed by atoms with Crippen LogP contribution in [0.5, 0.6) is 0 Å². The fraction of sp³-hybridized carbons (Fsp3) is 0.120. The van der Waals surface area contributed by atoms with Crippen molar-refractivity contribution in [3.05, 3.63) is 106 Å². The van der Waals surface area contributed by atoms with Gasteiger partial charge in [0.15, 0.2) is 0 Å². The number of nitrogens with zero attached hydrogens (tertiary/aromatic N) is 1. The van der Waals surface area contributed by atoms with Crippen LogP contribution in [0.4, 0.5) is 0 Å². The van der Waals surface area contributed by atoms with Crippen molar-refractivity contribution >= 4 is 68.6 Å². The van der Waals surface area contributed by atoms with Crippen molar-refractivity contribution in [1.29, 1.82) is 0 Å². The summed E-state index contributed by atoms with van der Waals surface area (Å²) in [5.74, 6) is -1.28. The molecule has 1 amide bonds. The van der Waals surface area contributed by atoms with E-state index in [1.807, 2.05) is 0 Å². The van der Waals surface area contributed by atoms with E-state index < -0.39 is 29.2 Å². The second-order valence-corrected chi connectivity index (χ2v) is 9.84. The summed E-state index contributed by atoms with van der Waals surface area (Å²) in [7, 11) is 1.21. The molecule has 0 aliphatic heterocycles. The molecule has 0 saturated carbocycles. The maximum atomic E-state index is 13.0. The Bertz CT molecular complexity index is 1580. The van der Waals surface area contributed by atoms with Gasteiger partial charge in [0.25, 0.3) is 11.5 Å². The fourth-order valence-electron chi connectivity index (χ4n) is 3.72. The second kappa shape index (κ2) is 10.9. The first kappa shape index (κ1) is 25.9. The Labute approximate surface area is 228 Å². The van der Waals surface area contributed by atoms with E-state index in [2.05, 4.69) is 32.9 Å². The summed E-state index contributed by atoms with van der Waals surface area (Å²) < 4.78 is 6.75. The van der Waals surface area contributed by atoms with Crippen LogP contribution in [-0.4, -0.2) is 34.6 Å². The van der Waals surface area contributed by atoms with Gasteiger partial charge in [-0.05, 0) is 70.6 Å². The summed E-state index contributed by atoms with van der Waals surface area (Å²) in [6.45, 7) is 0. The third kappa shape index (κ3) is 5.32. The van der Waals surface area contributed by atoms with E-state index in [4.69, 9.17) is 27.9 Å². The average Bonchev–Trinajstić information content (AvgIpc) is 2.84. The highest BCUT2D eigenvalue weighted by molar-refractivity contribution is 14.1. The molecule has 8 nitrogen and oxygen atoms in total. The van der Waals surface area contributed by atoms with Crippen LogP contribution in [0.2, 0.25) is 10.0 Å². The lowest BCUT2D eigenvalue weighted by Crippen LogP contribution is -2.43. The Balaban J connectivity index is 1.61. The van der Waals surface area contributed by atoms with Crippen LogP contribution in [0.15, 0.2) is 70.3 Å². The predicted molar refractivity (Wildman–Crippen MR) is 146 cm³/mol. The lowest BCUT2D eigenvalue weighted by atomic mass is 10.0. The minimum Gasteiger partial charge on any atom is -0.467 e. The number of aromatic nitrogens is 2.